The Balaban J connectivity index is -0.0000000178. The van der Waals surface area contributed by atoms with E-state index in [1.165, 1.54) is 57.6 Å². The number of nitrogens with zero attached hydrogens (tertiary/aromatic N) is 1. The van der Waals surface area contributed by atoms with Crippen LogP contribution in [0.1, 0.15) is 170 Å². The Morgan fingerprint density at radius 3 is 0.833 bits per heavy atom. The molecule has 0 aromatic carbocycles. The fraction of sp³-hybridized carbons (Fsp3) is 0.593. The third-order valence-corrected chi connectivity index (χ3v) is 3.29. The molecule has 0 aliphatic heterocycles. The molecule has 2 aliphatic rings. The average molecular weight is 963 g/mol. The van der Waals surface area contributed by atoms with E-state index in [-0.39, 0.29) is 84.3 Å². The molecule has 0 aromatic heterocycles. The number of aliphatic hydroxyl groups is 2. The number of aliphatic hydroxyl groups excluding tert-OH is 2. The molecule has 0 spiro atoms. The standard InChI is InChI=1S/C9H12N.C7H6O.C5H10.C4H8.C3H6O.C3H8.C2H5NO.C2H4O2.2C2H6O.C2H4O.C2H6.2CH4O.9CH4/c1-8-4-6-9(7-5-8)10(2)3;1-6-2-4-7(8)5-3-6;1-4-5(2)3;1-3-4-2;1-3(2)4;1-3-2;2*1-2(3)4;2*1-3-2;1-2-3;3*1-2;;;;;;;;;/h4-7H,1H2,2-3H3;2-5H,1H2;4H,1-3H3;3-4H,1-2H3;1-2H3;3H2,1-2H3;1H3,(H2,3,4);1H3,(H,3,4);2*1-2H3;2H,1H3;1-2H3;2*2H,1H3;9*1H4/q+1;;;;;;;;;;;;;;;;;;;;;;/b;;;4-3-;;;;;;;;;;;;;;;;;;;. The van der Waals surface area contributed by atoms with E-state index in [4.69, 9.17) is 24.9 Å². The molecule has 1 amide bonds. The molecule has 0 saturated heterocycles. The fourth-order valence-corrected chi connectivity index (χ4v) is 1.28. The number of allylic oxidation sites excluding steroid dienone is 14. The molecule has 0 unspecified atom stereocenters. The molecule has 0 fully saturated rings. The van der Waals surface area contributed by atoms with Crippen LogP contribution < -0.4 is 5.73 Å². The van der Waals surface area contributed by atoms with Gasteiger partial charge in [0.2, 0.25) is 5.91 Å². The van der Waals surface area contributed by atoms with Gasteiger partial charge in [-0.05, 0) is 90.8 Å². The third kappa shape index (κ3) is 404. The van der Waals surface area contributed by atoms with Gasteiger partial charge in [-0.3, -0.25) is 14.4 Å². The van der Waals surface area contributed by atoms with Gasteiger partial charge in [0.1, 0.15) is 26.2 Å². The summed E-state index contributed by atoms with van der Waals surface area (Å²) in [5.74, 6) is -0.961. The molecule has 410 valence electrons. The van der Waals surface area contributed by atoms with Crippen LogP contribution >= 0.6 is 0 Å². The molecule has 12 nitrogen and oxygen atoms in total. The summed E-state index contributed by atoms with van der Waals surface area (Å²) in [5, 5.41) is 21.4. The van der Waals surface area contributed by atoms with Gasteiger partial charge in [0.25, 0.3) is 5.97 Å². The van der Waals surface area contributed by atoms with Gasteiger partial charge in [0.05, 0.1) is 0 Å². The number of nitrogens with two attached hydrogens (primary N) is 1. The molecule has 5 N–H and O–H groups in total. The molecule has 12 heteroatoms. The number of primary amides is 1. The molecular formula is C54H125N2O10+. The molecule has 66 heavy (non-hydrogen) atoms. The van der Waals surface area contributed by atoms with Crippen molar-refractivity contribution in [2.75, 3.05) is 56.8 Å². The summed E-state index contributed by atoms with van der Waals surface area (Å²) in [4.78, 5) is 46.9. The number of rotatable bonds is 0. The van der Waals surface area contributed by atoms with Crippen molar-refractivity contribution in [3.8, 4) is 0 Å². The smallest absolute Gasteiger partial charge is 0.300 e. The molecule has 0 saturated carbocycles. The van der Waals surface area contributed by atoms with Crippen molar-refractivity contribution in [1.29, 1.82) is 0 Å². The molecular weight excluding hydrogens is 837 g/mol. The zero-order valence-electron chi connectivity index (χ0n) is 40.3. The second kappa shape index (κ2) is 152. The summed E-state index contributed by atoms with van der Waals surface area (Å²) in [6.07, 6.45) is 22.6. The zero-order valence-corrected chi connectivity index (χ0v) is 40.3. The Bertz CT molecular complexity index is 985. The average Bonchev–Trinajstić information content (AvgIpc) is 3.13. The molecule has 0 radical (unpaired) electrons. The Labute approximate surface area is 417 Å². The van der Waals surface area contributed by atoms with E-state index in [0.29, 0.717) is 0 Å². The number of aldehydes is 1. The number of carbonyl (C=O) groups excluding carboxylic acids is 4. The summed E-state index contributed by atoms with van der Waals surface area (Å²) in [6.45, 7) is 32.8. The maximum absolute atomic E-state index is 10.4. The first-order chi connectivity index (χ1) is 26.5. The number of carboxylic acid groups (broad SMARTS) is 1. The van der Waals surface area contributed by atoms with E-state index >= 15 is 0 Å². The molecule has 0 bridgehead atoms. The van der Waals surface area contributed by atoms with Crippen LogP contribution in [0.15, 0.2) is 96.7 Å². The lowest BCUT2D eigenvalue weighted by Gasteiger charge is -1.97. The SMILES string of the molecule is C.C.C.C.C.C.C.C.C.C/C=C\C.C=C1C=CC(=O)C=C1.C=C1C=CC(=[N+](C)C)C=C1.CC.CC(=O)O.CC(C)=O.CC(N)=O.CC=C(C)C.CC=O.CCC.CO.CO.COC.COC. The minimum absolute atomic E-state index is 0. The predicted molar refractivity (Wildman–Crippen MR) is 309 cm³/mol. The zero-order chi connectivity index (χ0) is 48.8. The number of carbonyl (C=O) groups is 5. The largest absolute Gasteiger partial charge is 0.481 e. The van der Waals surface area contributed by atoms with E-state index in [0.717, 1.165) is 38.6 Å². The molecule has 0 aromatic rings. The van der Waals surface area contributed by atoms with Crippen LogP contribution in [0.25, 0.3) is 0 Å². The van der Waals surface area contributed by atoms with Crippen molar-refractivity contribution in [3.63, 3.8) is 0 Å². The number of amides is 1. The van der Waals surface area contributed by atoms with Crippen LogP contribution in [0.3, 0.4) is 0 Å². The number of Topliss-reactive ketones (excluding diaryl/α,β-unsaturated/α-hetero) is 1. The number of carboxylic acids is 1. The van der Waals surface area contributed by atoms with Gasteiger partial charge in [-0.2, -0.15) is 0 Å². The van der Waals surface area contributed by atoms with Crippen LogP contribution in [-0.2, 0) is 33.4 Å². The van der Waals surface area contributed by atoms with Crippen LogP contribution in [0, 0.1) is 0 Å². The van der Waals surface area contributed by atoms with Crippen molar-refractivity contribution in [1.82, 2.24) is 0 Å². The highest BCUT2D eigenvalue weighted by Crippen LogP contribution is 2.02. The van der Waals surface area contributed by atoms with Crippen molar-refractivity contribution in [3.05, 3.63) is 96.7 Å². The lowest BCUT2D eigenvalue weighted by atomic mass is 10.1. The van der Waals surface area contributed by atoms with Crippen LogP contribution in [0.5, 0.6) is 0 Å². The minimum Gasteiger partial charge on any atom is -0.481 e. The summed E-state index contributed by atoms with van der Waals surface area (Å²) in [7, 11) is 12.6. The third-order valence-electron chi connectivity index (χ3n) is 3.29. The predicted octanol–water partition coefficient (Wildman–Crippen LogP) is 14.5. The number of methoxy groups -OCH3 is 2. The van der Waals surface area contributed by atoms with Gasteiger partial charge in [-0.25, -0.2) is 4.58 Å². The van der Waals surface area contributed by atoms with E-state index in [2.05, 4.69) is 78.9 Å². The van der Waals surface area contributed by atoms with Crippen LogP contribution in [-0.4, -0.2) is 112 Å². The summed E-state index contributed by atoms with van der Waals surface area (Å²) >= 11 is 0. The van der Waals surface area contributed by atoms with Gasteiger partial charge in [0.15, 0.2) is 11.5 Å². The maximum Gasteiger partial charge on any atom is 0.300 e. The van der Waals surface area contributed by atoms with Gasteiger partial charge in [0, 0.05) is 68.7 Å². The van der Waals surface area contributed by atoms with Crippen molar-refractivity contribution in [2.45, 2.75) is 170 Å². The number of ketones is 2. The molecule has 2 rings (SSSR count). The quantitative estimate of drug-likeness (QED) is 0.103. The van der Waals surface area contributed by atoms with Gasteiger partial charge < -0.3 is 40.1 Å². The van der Waals surface area contributed by atoms with E-state index in [9.17, 15) is 14.4 Å². The van der Waals surface area contributed by atoms with Gasteiger partial charge in [-0.15, -0.1) is 0 Å². The van der Waals surface area contributed by atoms with Crippen molar-refractivity contribution >= 4 is 35.4 Å². The van der Waals surface area contributed by atoms with E-state index in [1.54, 1.807) is 40.6 Å². The minimum atomic E-state index is -0.833. The highest BCUT2D eigenvalue weighted by Gasteiger charge is 2.01. The maximum atomic E-state index is 10.4. The Hall–Kier alpha value is -4.62. The second-order valence-corrected chi connectivity index (χ2v) is 10.0. The van der Waals surface area contributed by atoms with Gasteiger partial charge >= 0.3 is 0 Å². The Morgan fingerprint density at radius 2 is 0.742 bits per heavy atom. The molecule has 0 heterocycles. The highest BCUT2D eigenvalue weighted by atomic mass is 16.5. The highest BCUT2D eigenvalue weighted by molar-refractivity contribution is 6.02. The summed E-state index contributed by atoms with van der Waals surface area (Å²) in [5.41, 5.74) is 9.01. The Kier molecular flexibility index (Phi) is 317. The number of ether oxygens (including phenoxy) is 2. The van der Waals surface area contributed by atoms with E-state index in [1.807, 2.05) is 73.0 Å². The topological polar surface area (TPSA) is 194 Å². The number of aliphatic carboxylic acids is 1. The lowest BCUT2D eigenvalue weighted by Crippen LogP contribution is -2.09. The first-order valence-corrected chi connectivity index (χ1v) is 17.9. The second-order valence-electron chi connectivity index (χ2n) is 10.0. The first-order valence-electron chi connectivity index (χ1n) is 17.9. The summed E-state index contributed by atoms with van der Waals surface area (Å²) < 4.78 is 10.6. The number of hydrogen-bond donors (Lipinski definition) is 4. The Morgan fingerprint density at radius 1 is 0.606 bits per heavy atom. The number of hydrogen-bond acceptors (Lipinski definition) is 9. The fourth-order valence-electron chi connectivity index (χ4n) is 1.28. The molecule has 2 aliphatic carbocycles. The normalized spacial score (nSPS) is 8.12. The summed E-state index contributed by atoms with van der Waals surface area (Å²) in [6, 6.07) is 0. The van der Waals surface area contributed by atoms with Crippen LogP contribution in [0.2, 0.25) is 0 Å². The van der Waals surface area contributed by atoms with Crippen molar-refractivity contribution < 1.29 is 53.3 Å². The first kappa shape index (κ1) is 137. The van der Waals surface area contributed by atoms with E-state index < -0.39 is 5.97 Å². The van der Waals surface area contributed by atoms with Gasteiger partial charge in [-0.1, -0.05) is 150 Å². The molecule has 0 atom stereocenters. The van der Waals surface area contributed by atoms with Crippen LogP contribution in [0.4, 0.5) is 0 Å². The lowest BCUT2D eigenvalue weighted by molar-refractivity contribution is -0.462. The van der Waals surface area contributed by atoms with Crippen molar-refractivity contribution in [2.24, 2.45) is 5.73 Å². The monoisotopic (exact) mass is 962 g/mol.